The second-order valence-corrected chi connectivity index (χ2v) is 10.7. The molecule has 0 unspecified atom stereocenters. The van der Waals surface area contributed by atoms with E-state index >= 15 is 0 Å². The van der Waals surface area contributed by atoms with E-state index in [1.165, 1.54) is 49.9 Å². The number of anilines is 1. The van der Waals surface area contributed by atoms with Crippen LogP contribution in [0, 0.1) is 5.95 Å². The van der Waals surface area contributed by atoms with Crippen LogP contribution in [0.25, 0.3) is 22.5 Å². The lowest BCUT2D eigenvalue weighted by Gasteiger charge is -2.45. The molecule has 2 aliphatic heterocycles. The van der Waals surface area contributed by atoms with Crippen molar-refractivity contribution in [3.05, 3.63) is 42.5 Å². The number of fused-ring (bicyclic) bond motifs is 2. The molecule has 6 rings (SSSR count). The SMILES string of the molecule is CSc1cc(-c2ccc(-c3ncc(N(C4CC4)[C@@H]4C[C@H]5CCC[C@@H](C4)N5)nn3)c(O)c2)cc(F)n1. The fraction of sp³-hybridized carbons (Fsp3) is 0.462. The van der Waals surface area contributed by atoms with Crippen LogP contribution in [0.15, 0.2) is 41.6 Å². The number of phenols is 1. The van der Waals surface area contributed by atoms with Gasteiger partial charge < -0.3 is 15.3 Å². The molecular formula is C26H29FN6OS. The van der Waals surface area contributed by atoms with Crippen molar-refractivity contribution < 1.29 is 9.50 Å². The molecule has 7 nitrogen and oxygen atoms in total. The van der Waals surface area contributed by atoms with Crippen molar-refractivity contribution in [1.82, 2.24) is 25.5 Å². The Labute approximate surface area is 208 Å². The van der Waals surface area contributed by atoms with Crippen LogP contribution in [0.5, 0.6) is 5.75 Å². The van der Waals surface area contributed by atoms with Gasteiger partial charge in [0.1, 0.15) is 5.75 Å². The van der Waals surface area contributed by atoms with E-state index in [9.17, 15) is 9.50 Å². The maximum absolute atomic E-state index is 13.9. The summed E-state index contributed by atoms with van der Waals surface area (Å²) in [7, 11) is 0. The molecule has 1 aromatic carbocycles. The van der Waals surface area contributed by atoms with Crippen LogP contribution < -0.4 is 10.2 Å². The predicted octanol–water partition coefficient (Wildman–Crippen LogP) is 4.81. The molecule has 3 aromatic rings. The van der Waals surface area contributed by atoms with Crippen molar-refractivity contribution in [2.24, 2.45) is 0 Å². The van der Waals surface area contributed by atoms with Gasteiger partial charge in [0.05, 0.1) is 16.8 Å². The highest BCUT2D eigenvalue weighted by atomic mass is 32.2. The first-order valence-electron chi connectivity index (χ1n) is 12.4. The minimum atomic E-state index is -0.545. The zero-order chi connectivity index (χ0) is 23.9. The minimum Gasteiger partial charge on any atom is -0.507 e. The lowest BCUT2D eigenvalue weighted by Crippen LogP contribution is -2.55. The molecule has 2 N–H and O–H groups in total. The summed E-state index contributed by atoms with van der Waals surface area (Å²) >= 11 is 1.37. The number of benzene rings is 1. The van der Waals surface area contributed by atoms with E-state index in [2.05, 4.69) is 30.4 Å². The predicted molar refractivity (Wildman–Crippen MR) is 135 cm³/mol. The monoisotopic (exact) mass is 492 g/mol. The Morgan fingerprint density at radius 1 is 1.00 bits per heavy atom. The molecule has 3 fully saturated rings. The van der Waals surface area contributed by atoms with Gasteiger partial charge in [-0.1, -0.05) is 12.5 Å². The highest BCUT2D eigenvalue weighted by Gasteiger charge is 2.40. The zero-order valence-electron chi connectivity index (χ0n) is 19.7. The number of nitrogens with zero attached hydrogens (tertiary/aromatic N) is 5. The highest BCUT2D eigenvalue weighted by molar-refractivity contribution is 7.98. The first kappa shape index (κ1) is 22.7. The number of aromatic hydroxyl groups is 1. The molecule has 2 saturated heterocycles. The van der Waals surface area contributed by atoms with Gasteiger partial charge in [-0.3, -0.25) is 0 Å². The molecule has 2 aromatic heterocycles. The van der Waals surface area contributed by atoms with Gasteiger partial charge >= 0.3 is 0 Å². The molecular weight excluding hydrogens is 463 g/mol. The summed E-state index contributed by atoms with van der Waals surface area (Å²) in [5.74, 6) is 0.692. The van der Waals surface area contributed by atoms with E-state index in [0.717, 1.165) is 18.7 Å². The van der Waals surface area contributed by atoms with Crippen molar-refractivity contribution in [3.8, 4) is 28.3 Å². The molecule has 0 amide bonds. The second-order valence-electron chi connectivity index (χ2n) is 9.85. The molecule has 0 spiro atoms. The number of pyridine rings is 1. The normalized spacial score (nSPS) is 23.8. The number of piperidine rings is 2. The van der Waals surface area contributed by atoms with E-state index in [-0.39, 0.29) is 5.75 Å². The van der Waals surface area contributed by atoms with Crippen LogP contribution in [-0.4, -0.2) is 55.7 Å². The van der Waals surface area contributed by atoms with Crippen LogP contribution in [0.4, 0.5) is 10.2 Å². The Bertz CT molecular complexity index is 1210. The third-order valence-electron chi connectivity index (χ3n) is 7.39. The van der Waals surface area contributed by atoms with Crippen molar-refractivity contribution in [2.45, 2.75) is 74.1 Å². The van der Waals surface area contributed by atoms with E-state index in [0.29, 0.717) is 51.7 Å². The average molecular weight is 493 g/mol. The molecule has 35 heavy (non-hydrogen) atoms. The number of aromatic nitrogens is 4. The molecule has 2 bridgehead atoms. The smallest absolute Gasteiger partial charge is 0.214 e. The third-order valence-corrected chi connectivity index (χ3v) is 8.02. The van der Waals surface area contributed by atoms with Crippen LogP contribution >= 0.6 is 11.8 Å². The van der Waals surface area contributed by atoms with Crippen LogP contribution in [0.3, 0.4) is 0 Å². The molecule has 9 heteroatoms. The van der Waals surface area contributed by atoms with Gasteiger partial charge in [-0.05, 0) is 74.1 Å². The first-order valence-corrected chi connectivity index (χ1v) is 13.6. The quantitative estimate of drug-likeness (QED) is 0.375. The number of halogens is 1. The fourth-order valence-electron chi connectivity index (χ4n) is 5.64. The Morgan fingerprint density at radius 3 is 2.46 bits per heavy atom. The lowest BCUT2D eigenvalue weighted by molar-refractivity contribution is 0.215. The third kappa shape index (κ3) is 4.71. The summed E-state index contributed by atoms with van der Waals surface area (Å²) in [5.41, 5.74) is 1.86. The van der Waals surface area contributed by atoms with Gasteiger partial charge in [-0.2, -0.15) is 4.39 Å². The van der Waals surface area contributed by atoms with Crippen molar-refractivity contribution in [1.29, 1.82) is 0 Å². The summed E-state index contributed by atoms with van der Waals surface area (Å²) in [6.07, 6.45) is 12.2. The van der Waals surface area contributed by atoms with Gasteiger partial charge in [0, 0.05) is 30.2 Å². The number of nitrogens with one attached hydrogen (secondary N) is 1. The van der Waals surface area contributed by atoms with Gasteiger partial charge in [0.25, 0.3) is 0 Å². The Hall–Kier alpha value is -2.78. The maximum Gasteiger partial charge on any atom is 0.214 e. The Balaban J connectivity index is 1.24. The number of thioether (sulfide) groups is 1. The number of hydrogen-bond acceptors (Lipinski definition) is 8. The lowest BCUT2D eigenvalue weighted by atomic mass is 9.83. The summed E-state index contributed by atoms with van der Waals surface area (Å²) in [6, 6.07) is 10.6. The number of hydrogen-bond donors (Lipinski definition) is 2. The molecule has 1 aliphatic carbocycles. The van der Waals surface area contributed by atoms with E-state index < -0.39 is 5.95 Å². The molecule has 1 saturated carbocycles. The standard InChI is InChI=1S/C26H29FN6OS/c1-35-25-11-16(10-23(27)30-25)15-5-8-21(22(34)9-15)26-28-14-24(31-32-26)33(19-6-7-19)20-12-17-3-2-4-18(13-20)29-17/h5,8-11,14,17-20,29,34H,2-4,6-7,12-13H2,1H3/t17-,18+,20-. The first-order chi connectivity index (χ1) is 17.1. The van der Waals surface area contributed by atoms with Gasteiger partial charge in [-0.15, -0.1) is 22.0 Å². The van der Waals surface area contributed by atoms with E-state index in [1.807, 2.05) is 12.3 Å². The van der Waals surface area contributed by atoms with Crippen molar-refractivity contribution in [3.63, 3.8) is 0 Å². The zero-order valence-corrected chi connectivity index (χ0v) is 20.5. The van der Waals surface area contributed by atoms with E-state index in [1.54, 1.807) is 24.4 Å². The molecule has 3 aliphatic rings. The van der Waals surface area contributed by atoms with Crippen LogP contribution in [-0.2, 0) is 0 Å². The van der Waals surface area contributed by atoms with Gasteiger partial charge in [0.2, 0.25) is 5.95 Å². The Kier molecular flexibility index (Phi) is 6.06. The number of phenolic OH excluding ortho intramolecular Hbond substituents is 1. The van der Waals surface area contributed by atoms with Crippen LogP contribution in [0.2, 0.25) is 0 Å². The van der Waals surface area contributed by atoms with Gasteiger partial charge in [0.15, 0.2) is 11.6 Å². The summed E-state index contributed by atoms with van der Waals surface area (Å²) in [5, 5.41) is 24.1. The molecule has 0 radical (unpaired) electrons. The van der Waals surface area contributed by atoms with Gasteiger partial charge in [-0.25, -0.2) is 9.97 Å². The average Bonchev–Trinajstić information content (AvgIpc) is 3.69. The largest absolute Gasteiger partial charge is 0.507 e. The minimum absolute atomic E-state index is 0.0326. The molecule has 3 atom stereocenters. The Morgan fingerprint density at radius 2 is 1.80 bits per heavy atom. The number of rotatable bonds is 6. The van der Waals surface area contributed by atoms with E-state index in [4.69, 9.17) is 0 Å². The fourth-order valence-corrected chi connectivity index (χ4v) is 6.07. The maximum atomic E-state index is 13.9. The highest BCUT2D eigenvalue weighted by Crippen LogP contribution is 2.38. The van der Waals surface area contributed by atoms with Crippen molar-refractivity contribution >= 4 is 17.6 Å². The van der Waals surface area contributed by atoms with Crippen LogP contribution in [0.1, 0.15) is 44.9 Å². The summed E-state index contributed by atoms with van der Waals surface area (Å²) in [4.78, 5) is 10.9. The molecule has 182 valence electrons. The second kappa shape index (κ2) is 9.35. The summed E-state index contributed by atoms with van der Waals surface area (Å²) < 4.78 is 13.9. The molecule has 4 heterocycles. The topological polar surface area (TPSA) is 87.1 Å². The van der Waals surface area contributed by atoms with Crippen molar-refractivity contribution in [2.75, 3.05) is 11.2 Å². The summed E-state index contributed by atoms with van der Waals surface area (Å²) in [6.45, 7) is 0.